The quantitative estimate of drug-likeness (QED) is 0.630. The van der Waals surface area contributed by atoms with Gasteiger partial charge in [0.1, 0.15) is 0 Å². The van der Waals surface area contributed by atoms with Gasteiger partial charge in [0.2, 0.25) is 0 Å². The summed E-state index contributed by atoms with van der Waals surface area (Å²) in [5.74, 6) is -0.106. The van der Waals surface area contributed by atoms with Crippen molar-refractivity contribution in [3.63, 3.8) is 0 Å². The average molecular weight is 298 g/mol. The number of aliphatic carboxylic acids is 1. The third kappa shape index (κ3) is 6.00. The Balaban J connectivity index is 2.64. The van der Waals surface area contributed by atoms with Gasteiger partial charge in [-0.3, -0.25) is 4.84 Å². The maximum atomic E-state index is 11.5. The third-order valence-electron chi connectivity index (χ3n) is 2.16. The summed E-state index contributed by atoms with van der Waals surface area (Å²) in [5.41, 5.74) is 2.41. The Morgan fingerprint density at radius 2 is 1.81 bits per heavy atom. The molecule has 0 saturated heterocycles. The van der Waals surface area contributed by atoms with E-state index >= 15 is 0 Å². The van der Waals surface area contributed by atoms with E-state index in [9.17, 15) is 9.59 Å². The van der Waals surface area contributed by atoms with Crippen LogP contribution in [0.3, 0.4) is 0 Å². The molecule has 0 radical (unpaired) electrons. The molecular weight excluding hydrogens is 280 g/mol. The van der Waals surface area contributed by atoms with Crippen LogP contribution < -0.4 is 20.3 Å². The van der Waals surface area contributed by atoms with Gasteiger partial charge < -0.3 is 19.9 Å². The lowest BCUT2D eigenvalue weighted by molar-refractivity contribution is -0.143. The SMILES string of the molecule is CCOc1ccc(NC(=O)NOCC(=O)O)cc1OCC. The Kier molecular flexibility index (Phi) is 6.82. The van der Waals surface area contributed by atoms with E-state index in [2.05, 4.69) is 10.2 Å². The molecule has 21 heavy (non-hydrogen) atoms. The Morgan fingerprint density at radius 3 is 2.43 bits per heavy atom. The van der Waals surface area contributed by atoms with E-state index in [-0.39, 0.29) is 0 Å². The number of urea groups is 1. The van der Waals surface area contributed by atoms with E-state index < -0.39 is 18.6 Å². The van der Waals surface area contributed by atoms with Crippen LogP contribution in [0.25, 0.3) is 0 Å². The largest absolute Gasteiger partial charge is 0.490 e. The predicted molar refractivity (Wildman–Crippen MR) is 74.5 cm³/mol. The summed E-state index contributed by atoms with van der Waals surface area (Å²) in [7, 11) is 0. The number of ether oxygens (including phenoxy) is 2. The molecule has 8 nitrogen and oxygen atoms in total. The van der Waals surface area contributed by atoms with Crippen LogP contribution in [0.5, 0.6) is 11.5 Å². The number of hydroxylamine groups is 1. The smallest absolute Gasteiger partial charge is 0.343 e. The van der Waals surface area contributed by atoms with Gasteiger partial charge in [-0.2, -0.15) is 0 Å². The van der Waals surface area contributed by atoms with E-state index in [1.807, 2.05) is 19.3 Å². The van der Waals surface area contributed by atoms with Crippen molar-refractivity contribution in [1.82, 2.24) is 5.48 Å². The normalized spacial score (nSPS) is 9.81. The Morgan fingerprint density at radius 1 is 1.14 bits per heavy atom. The minimum absolute atomic E-state index is 0.456. The highest BCUT2D eigenvalue weighted by Crippen LogP contribution is 2.30. The fourth-order valence-corrected chi connectivity index (χ4v) is 1.45. The van der Waals surface area contributed by atoms with Gasteiger partial charge in [0, 0.05) is 11.8 Å². The van der Waals surface area contributed by atoms with Gasteiger partial charge in [0.15, 0.2) is 18.1 Å². The number of benzene rings is 1. The van der Waals surface area contributed by atoms with Crippen molar-refractivity contribution in [2.75, 3.05) is 25.1 Å². The lowest BCUT2D eigenvalue weighted by Crippen LogP contribution is -2.30. The van der Waals surface area contributed by atoms with Gasteiger partial charge in [0.25, 0.3) is 0 Å². The number of carbonyl (C=O) groups excluding carboxylic acids is 1. The van der Waals surface area contributed by atoms with Crippen LogP contribution in [0.1, 0.15) is 13.8 Å². The molecule has 1 rings (SSSR count). The third-order valence-corrected chi connectivity index (χ3v) is 2.16. The summed E-state index contributed by atoms with van der Waals surface area (Å²) in [6, 6.07) is 4.21. The van der Waals surface area contributed by atoms with Gasteiger partial charge in [-0.25, -0.2) is 15.1 Å². The molecule has 0 saturated carbocycles. The van der Waals surface area contributed by atoms with E-state index in [1.165, 1.54) is 0 Å². The number of hydrogen-bond donors (Lipinski definition) is 3. The zero-order chi connectivity index (χ0) is 15.7. The molecule has 0 aliphatic heterocycles. The van der Waals surface area contributed by atoms with Crippen LogP contribution in [0.15, 0.2) is 18.2 Å². The summed E-state index contributed by atoms with van der Waals surface area (Å²) in [6.45, 7) is 4.02. The number of amides is 2. The molecule has 8 heteroatoms. The highest BCUT2D eigenvalue weighted by atomic mass is 16.7. The molecule has 1 aromatic rings. The molecule has 3 N–H and O–H groups in total. The van der Waals surface area contributed by atoms with Crippen molar-refractivity contribution >= 4 is 17.7 Å². The van der Waals surface area contributed by atoms with Crippen LogP contribution in [0.2, 0.25) is 0 Å². The first kappa shape index (κ1) is 16.6. The number of rotatable bonds is 8. The fraction of sp³-hybridized carbons (Fsp3) is 0.385. The number of anilines is 1. The van der Waals surface area contributed by atoms with Crippen molar-refractivity contribution in [3.8, 4) is 11.5 Å². The van der Waals surface area contributed by atoms with Crippen molar-refractivity contribution in [2.24, 2.45) is 0 Å². The second-order valence-electron chi connectivity index (χ2n) is 3.77. The molecular formula is C13H18N2O6. The molecule has 0 aromatic heterocycles. The Labute approximate surface area is 121 Å². The minimum Gasteiger partial charge on any atom is -0.490 e. The number of carbonyl (C=O) groups is 2. The van der Waals surface area contributed by atoms with Crippen LogP contribution in [-0.4, -0.2) is 36.9 Å². The molecule has 0 heterocycles. The van der Waals surface area contributed by atoms with Crippen molar-refractivity contribution in [3.05, 3.63) is 18.2 Å². The summed E-state index contributed by atoms with van der Waals surface area (Å²) in [6.07, 6.45) is 0. The van der Waals surface area contributed by atoms with E-state index in [4.69, 9.17) is 14.6 Å². The van der Waals surface area contributed by atoms with Gasteiger partial charge >= 0.3 is 12.0 Å². The van der Waals surface area contributed by atoms with Gasteiger partial charge in [-0.05, 0) is 26.0 Å². The number of carboxylic acid groups (broad SMARTS) is 1. The summed E-state index contributed by atoms with van der Waals surface area (Å²) >= 11 is 0. The number of carboxylic acids is 1. The molecule has 116 valence electrons. The van der Waals surface area contributed by atoms with Crippen molar-refractivity contribution in [1.29, 1.82) is 0 Å². The van der Waals surface area contributed by atoms with E-state index in [0.29, 0.717) is 30.4 Å². The Hall–Kier alpha value is -2.48. The highest BCUT2D eigenvalue weighted by Gasteiger charge is 2.08. The summed E-state index contributed by atoms with van der Waals surface area (Å²) in [5, 5.41) is 10.8. The molecule has 0 fully saturated rings. The average Bonchev–Trinajstić information content (AvgIpc) is 2.41. The topological polar surface area (TPSA) is 106 Å². The number of nitrogens with one attached hydrogen (secondary N) is 2. The molecule has 0 aliphatic carbocycles. The monoisotopic (exact) mass is 298 g/mol. The minimum atomic E-state index is -1.19. The molecule has 0 spiro atoms. The summed E-state index contributed by atoms with van der Waals surface area (Å²) in [4.78, 5) is 26.1. The predicted octanol–water partition coefficient (Wildman–Crippen LogP) is 1.62. The zero-order valence-electron chi connectivity index (χ0n) is 11.8. The fourth-order valence-electron chi connectivity index (χ4n) is 1.45. The second kappa shape index (κ2) is 8.64. The van der Waals surface area contributed by atoms with Crippen LogP contribution in [-0.2, 0) is 9.63 Å². The first-order valence-corrected chi connectivity index (χ1v) is 6.37. The van der Waals surface area contributed by atoms with Gasteiger partial charge in [-0.1, -0.05) is 0 Å². The molecule has 2 amide bonds. The number of hydrogen-bond acceptors (Lipinski definition) is 5. The maximum absolute atomic E-state index is 11.5. The molecule has 0 aliphatic rings. The lowest BCUT2D eigenvalue weighted by Gasteiger charge is -2.13. The van der Waals surface area contributed by atoms with Gasteiger partial charge in [-0.15, -0.1) is 0 Å². The lowest BCUT2D eigenvalue weighted by atomic mass is 10.2. The molecule has 0 atom stereocenters. The standard InChI is InChI=1S/C13H18N2O6/c1-3-19-10-6-5-9(7-11(10)20-4-2)14-13(18)15-21-8-12(16)17/h5-7H,3-4,8H2,1-2H3,(H,16,17)(H2,14,15,18). The van der Waals surface area contributed by atoms with Gasteiger partial charge in [0.05, 0.1) is 13.2 Å². The van der Waals surface area contributed by atoms with Crippen LogP contribution in [0.4, 0.5) is 10.5 Å². The van der Waals surface area contributed by atoms with E-state index in [0.717, 1.165) is 0 Å². The highest BCUT2D eigenvalue weighted by molar-refractivity contribution is 5.89. The molecule has 0 unspecified atom stereocenters. The maximum Gasteiger partial charge on any atom is 0.343 e. The first-order chi connectivity index (χ1) is 10.1. The van der Waals surface area contributed by atoms with E-state index in [1.54, 1.807) is 18.2 Å². The zero-order valence-corrected chi connectivity index (χ0v) is 11.8. The molecule has 0 bridgehead atoms. The first-order valence-electron chi connectivity index (χ1n) is 6.37. The van der Waals surface area contributed by atoms with Crippen molar-refractivity contribution in [2.45, 2.75) is 13.8 Å². The second-order valence-corrected chi connectivity index (χ2v) is 3.77. The Bertz CT molecular complexity index is 492. The summed E-state index contributed by atoms with van der Waals surface area (Å²) < 4.78 is 10.8. The van der Waals surface area contributed by atoms with Crippen LogP contribution in [0, 0.1) is 0 Å². The molecule has 1 aromatic carbocycles. The van der Waals surface area contributed by atoms with Crippen molar-refractivity contribution < 1.29 is 29.0 Å². The van der Waals surface area contributed by atoms with Crippen LogP contribution >= 0.6 is 0 Å².